The van der Waals surface area contributed by atoms with E-state index in [4.69, 9.17) is 0 Å². The van der Waals surface area contributed by atoms with Gasteiger partial charge in [-0.2, -0.15) is 5.10 Å². The van der Waals surface area contributed by atoms with Gasteiger partial charge in [-0.05, 0) is 49.8 Å². The van der Waals surface area contributed by atoms with Gasteiger partial charge in [0.2, 0.25) is 5.91 Å². The summed E-state index contributed by atoms with van der Waals surface area (Å²) in [7, 11) is 0. The third-order valence-corrected chi connectivity index (χ3v) is 6.01. The van der Waals surface area contributed by atoms with Crippen molar-refractivity contribution in [2.45, 2.75) is 44.7 Å². The molecule has 3 aliphatic rings. The Morgan fingerprint density at radius 1 is 1.04 bits per heavy atom. The number of carbonyl (C=O) groups excluding carboxylic acids is 1. The number of aromatic nitrogens is 2. The molecule has 2 bridgehead atoms. The summed E-state index contributed by atoms with van der Waals surface area (Å²) < 4.78 is 1.85. The van der Waals surface area contributed by atoms with E-state index >= 15 is 0 Å². The summed E-state index contributed by atoms with van der Waals surface area (Å²) in [5.74, 6) is 0.931. The zero-order valence-corrected chi connectivity index (χ0v) is 16.0. The van der Waals surface area contributed by atoms with E-state index in [9.17, 15) is 4.79 Å². The van der Waals surface area contributed by atoms with Crippen molar-refractivity contribution in [2.75, 3.05) is 26.2 Å². The number of benzene rings is 1. The lowest BCUT2D eigenvalue weighted by Crippen LogP contribution is -2.47. The van der Waals surface area contributed by atoms with Gasteiger partial charge in [-0.25, -0.2) is 0 Å². The van der Waals surface area contributed by atoms with Crippen molar-refractivity contribution in [1.82, 2.24) is 19.6 Å². The van der Waals surface area contributed by atoms with Crippen molar-refractivity contribution in [3.8, 4) is 0 Å². The lowest BCUT2D eigenvalue weighted by atomic mass is 9.94. The van der Waals surface area contributed by atoms with Crippen LogP contribution >= 0.6 is 0 Å². The highest BCUT2D eigenvalue weighted by Gasteiger charge is 2.36. The van der Waals surface area contributed by atoms with Gasteiger partial charge in [0.15, 0.2) is 0 Å². The van der Waals surface area contributed by atoms with Gasteiger partial charge in [0.05, 0.1) is 0 Å². The summed E-state index contributed by atoms with van der Waals surface area (Å²) in [5.41, 5.74) is 1.42. The van der Waals surface area contributed by atoms with Crippen LogP contribution in [0, 0.1) is 5.92 Å². The maximum absolute atomic E-state index is 12.8. The molecule has 3 aliphatic heterocycles. The average molecular weight is 367 g/mol. The Kier molecular flexibility index (Phi) is 5.87. The Morgan fingerprint density at radius 2 is 1.93 bits per heavy atom. The van der Waals surface area contributed by atoms with E-state index in [0.717, 1.165) is 39.0 Å². The molecule has 4 heterocycles. The minimum Gasteiger partial charge on any atom is -0.338 e. The fourth-order valence-corrected chi connectivity index (χ4v) is 4.61. The Balaban J connectivity index is 1.28. The molecule has 1 aromatic heterocycles. The average Bonchev–Trinajstić information content (AvgIpc) is 3.06. The summed E-state index contributed by atoms with van der Waals surface area (Å²) >= 11 is 0. The second kappa shape index (κ2) is 8.70. The fraction of sp³-hybridized carbons (Fsp3) is 0.545. The molecule has 5 rings (SSSR count). The molecule has 5 nitrogen and oxygen atoms in total. The van der Waals surface area contributed by atoms with E-state index in [0.29, 0.717) is 30.8 Å². The zero-order valence-electron chi connectivity index (χ0n) is 16.0. The van der Waals surface area contributed by atoms with Gasteiger partial charge in [-0.15, -0.1) is 0 Å². The predicted octanol–water partition coefficient (Wildman–Crippen LogP) is 2.83. The van der Waals surface area contributed by atoms with Crippen molar-refractivity contribution in [3.05, 3.63) is 54.4 Å². The quantitative estimate of drug-likeness (QED) is 0.757. The van der Waals surface area contributed by atoms with Crippen LogP contribution in [0.25, 0.3) is 0 Å². The van der Waals surface area contributed by atoms with E-state index in [1.165, 1.54) is 18.4 Å². The molecule has 1 aromatic carbocycles. The maximum atomic E-state index is 12.8. The molecule has 144 valence electrons. The van der Waals surface area contributed by atoms with Crippen LogP contribution < -0.4 is 0 Å². The van der Waals surface area contributed by atoms with Crippen LogP contribution in [-0.4, -0.2) is 57.7 Å². The van der Waals surface area contributed by atoms with Gasteiger partial charge in [-0.1, -0.05) is 30.3 Å². The third-order valence-electron chi connectivity index (χ3n) is 6.01. The van der Waals surface area contributed by atoms with Crippen LogP contribution in [0.4, 0.5) is 0 Å². The molecular formula is C22H30N4O. The number of rotatable bonds is 7. The lowest BCUT2D eigenvalue weighted by Gasteiger charge is -2.36. The molecule has 0 saturated carbocycles. The molecule has 0 N–H and O–H groups in total. The van der Waals surface area contributed by atoms with Gasteiger partial charge in [0.25, 0.3) is 0 Å². The monoisotopic (exact) mass is 366 g/mol. The van der Waals surface area contributed by atoms with Gasteiger partial charge >= 0.3 is 0 Å². The van der Waals surface area contributed by atoms with Gasteiger partial charge in [-0.3, -0.25) is 9.48 Å². The first kappa shape index (κ1) is 18.2. The number of hydrogen-bond acceptors (Lipinski definition) is 3. The number of amides is 1. The lowest BCUT2D eigenvalue weighted by molar-refractivity contribution is -0.135. The normalized spacial score (nSPS) is 22.7. The summed E-state index contributed by atoms with van der Waals surface area (Å²) in [5, 5.41) is 4.21. The predicted molar refractivity (Wildman–Crippen MR) is 106 cm³/mol. The molecule has 3 fully saturated rings. The van der Waals surface area contributed by atoms with Crippen LogP contribution in [0.5, 0.6) is 0 Å². The van der Waals surface area contributed by atoms with Crippen LogP contribution in [0.1, 0.15) is 31.2 Å². The molecular weight excluding hydrogens is 336 g/mol. The van der Waals surface area contributed by atoms with E-state index in [-0.39, 0.29) is 0 Å². The highest BCUT2D eigenvalue weighted by Crippen LogP contribution is 2.28. The molecule has 0 spiro atoms. The van der Waals surface area contributed by atoms with Gasteiger partial charge in [0.1, 0.15) is 0 Å². The number of hydrogen-bond donors (Lipinski definition) is 0. The van der Waals surface area contributed by atoms with Crippen LogP contribution in [-0.2, 0) is 17.8 Å². The molecule has 3 saturated heterocycles. The van der Waals surface area contributed by atoms with Crippen molar-refractivity contribution < 1.29 is 4.79 Å². The summed E-state index contributed by atoms with van der Waals surface area (Å²) in [4.78, 5) is 17.6. The van der Waals surface area contributed by atoms with Crippen molar-refractivity contribution in [2.24, 2.45) is 5.92 Å². The van der Waals surface area contributed by atoms with E-state index in [1.807, 2.05) is 16.9 Å². The first-order valence-corrected chi connectivity index (χ1v) is 10.3. The second-order valence-electron chi connectivity index (χ2n) is 8.01. The van der Waals surface area contributed by atoms with E-state index in [1.54, 1.807) is 6.20 Å². The van der Waals surface area contributed by atoms with Gasteiger partial charge < -0.3 is 9.80 Å². The third kappa shape index (κ3) is 4.78. The number of carbonyl (C=O) groups is 1. The SMILES string of the molecule is O=C(CCn1cccn1)N1C[C@H]2CC[C@@H]1CN(CCCc1ccccc1)C2. The van der Waals surface area contributed by atoms with Gasteiger partial charge in [0, 0.05) is 51.0 Å². The van der Waals surface area contributed by atoms with Crippen LogP contribution in [0.2, 0.25) is 0 Å². The fourth-order valence-electron chi connectivity index (χ4n) is 4.61. The highest BCUT2D eigenvalue weighted by molar-refractivity contribution is 5.76. The van der Waals surface area contributed by atoms with Crippen LogP contribution in [0.15, 0.2) is 48.8 Å². The van der Waals surface area contributed by atoms with Crippen molar-refractivity contribution in [1.29, 1.82) is 0 Å². The van der Waals surface area contributed by atoms with E-state index in [2.05, 4.69) is 45.2 Å². The number of piperidine rings is 1. The largest absolute Gasteiger partial charge is 0.338 e. The standard InChI is InChI=1S/C22H30N4O/c27-22(11-15-25-14-5-12-23-25)26-17-20-9-10-21(26)18-24(16-20)13-4-8-19-6-2-1-3-7-19/h1-3,5-7,12,14,20-21H,4,8-11,13,15-18H2/t20-,21+/m0/s1. The molecule has 27 heavy (non-hydrogen) atoms. The Labute approximate surface area is 162 Å². The molecule has 0 radical (unpaired) electrons. The zero-order chi connectivity index (χ0) is 18.5. The second-order valence-corrected chi connectivity index (χ2v) is 8.01. The number of fused-ring (bicyclic) bond motifs is 4. The Hall–Kier alpha value is -2.14. The summed E-state index contributed by atoms with van der Waals surface area (Å²) in [6.07, 6.45) is 9.01. The highest BCUT2D eigenvalue weighted by atomic mass is 16.2. The molecule has 2 atom stereocenters. The Bertz CT molecular complexity index is 715. The Morgan fingerprint density at radius 3 is 2.74 bits per heavy atom. The number of nitrogens with zero attached hydrogens (tertiary/aromatic N) is 4. The molecule has 5 heteroatoms. The summed E-state index contributed by atoms with van der Waals surface area (Å²) in [6, 6.07) is 13.0. The molecule has 0 unspecified atom stereocenters. The molecule has 0 aliphatic carbocycles. The smallest absolute Gasteiger partial charge is 0.224 e. The first-order valence-electron chi connectivity index (χ1n) is 10.3. The molecule has 1 amide bonds. The minimum atomic E-state index is 0.298. The topological polar surface area (TPSA) is 41.4 Å². The van der Waals surface area contributed by atoms with E-state index < -0.39 is 0 Å². The van der Waals surface area contributed by atoms with Crippen molar-refractivity contribution >= 4 is 5.91 Å². The number of aryl methyl sites for hydroxylation is 2. The maximum Gasteiger partial charge on any atom is 0.224 e. The first-order chi connectivity index (χ1) is 13.3. The van der Waals surface area contributed by atoms with Crippen LogP contribution in [0.3, 0.4) is 0 Å². The minimum absolute atomic E-state index is 0.298. The van der Waals surface area contributed by atoms with Crippen molar-refractivity contribution in [3.63, 3.8) is 0 Å². The summed E-state index contributed by atoms with van der Waals surface area (Å²) in [6.45, 7) is 4.95. The molecule has 2 aromatic rings.